The van der Waals surface area contributed by atoms with E-state index in [1.54, 1.807) is 29.2 Å². The Labute approximate surface area is 172 Å². The zero-order valence-electron chi connectivity index (χ0n) is 15.9. The first-order valence-electron chi connectivity index (χ1n) is 9.31. The van der Waals surface area contributed by atoms with Crippen molar-refractivity contribution in [2.75, 3.05) is 11.4 Å². The molecule has 3 amide bonds. The molecule has 146 valence electrons. The van der Waals surface area contributed by atoms with Crippen LogP contribution in [0.5, 0.6) is 0 Å². The molecule has 0 unspecified atom stereocenters. The molecule has 1 aromatic heterocycles. The molecule has 0 bridgehead atoms. The van der Waals surface area contributed by atoms with E-state index in [4.69, 9.17) is 0 Å². The number of carbonyl (C=O) groups is 3. The van der Waals surface area contributed by atoms with Crippen LogP contribution in [-0.2, 0) is 4.79 Å². The highest BCUT2D eigenvalue weighted by Crippen LogP contribution is 2.29. The second-order valence-corrected chi connectivity index (χ2v) is 7.58. The summed E-state index contributed by atoms with van der Waals surface area (Å²) >= 11 is 1.41. The maximum absolute atomic E-state index is 13.0. The summed E-state index contributed by atoms with van der Waals surface area (Å²) in [5.74, 6) is -0.718. The summed E-state index contributed by atoms with van der Waals surface area (Å²) in [5.41, 5.74) is 2.44. The normalized spacial score (nSPS) is 12.9. The molecular weight excluding hydrogens is 386 g/mol. The van der Waals surface area contributed by atoms with Crippen LogP contribution in [0.3, 0.4) is 0 Å². The number of aromatic nitrogens is 1. The van der Waals surface area contributed by atoms with Gasteiger partial charge in [0.25, 0.3) is 11.8 Å². The predicted octanol–water partition coefficient (Wildman–Crippen LogP) is 4.19. The number of hydrogen-bond acceptors (Lipinski definition) is 5. The average Bonchev–Trinajstić information content (AvgIpc) is 3.26. The molecule has 29 heavy (non-hydrogen) atoms. The molecule has 0 radical (unpaired) electrons. The highest BCUT2D eigenvalue weighted by molar-refractivity contribution is 7.14. The first-order valence-corrected chi connectivity index (χ1v) is 10.2. The van der Waals surface area contributed by atoms with E-state index >= 15 is 0 Å². The summed E-state index contributed by atoms with van der Waals surface area (Å²) in [7, 11) is 0. The fourth-order valence-electron chi connectivity index (χ4n) is 3.32. The predicted molar refractivity (Wildman–Crippen MR) is 111 cm³/mol. The molecule has 0 atom stereocenters. The van der Waals surface area contributed by atoms with Crippen molar-refractivity contribution >= 4 is 39.9 Å². The maximum atomic E-state index is 13.0. The number of nitrogens with zero attached hydrogens (tertiary/aromatic N) is 3. The Morgan fingerprint density at radius 2 is 1.62 bits per heavy atom. The molecule has 0 spiro atoms. The van der Waals surface area contributed by atoms with Gasteiger partial charge in [-0.2, -0.15) is 0 Å². The first-order chi connectivity index (χ1) is 14.1. The lowest BCUT2D eigenvalue weighted by Gasteiger charge is -2.21. The molecule has 2 heterocycles. The molecule has 0 N–H and O–H groups in total. The molecule has 1 aliphatic heterocycles. The number of aryl methyl sites for hydroxylation is 1. The van der Waals surface area contributed by atoms with Gasteiger partial charge in [0.1, 0.15) is 0 Å². The molecule has 0 fully saturated rings. The topological polar surface area (TPSA) is 70.6 Å². The second kappa shape index (κ2) is 7.97. The summed E-state index contributed by atoms with van der Waals surface area (Å²) in [6.07, 6.45) is 0.582. The fraction of sp³-hybridized carbons (Fsp3) is 0.182. The lowest BCUT2D eigenvalue weighted by Crippen LogP contribution is -2.32. The summed E-state index contributed by atoms with van der Waals surface area (Å²) < 4.78 is 0. The van der Waals surface area contributed by atoms with E-state index in [1.165, 1.54) is 16.2 Å². The standard InChI is InChI=1S/C22H19N3O3S/c1-15-14-29-22(23-15)25(16-8-3-2-4-9-16)19(26)12-7-13-24-20(27)17-10-5-6-11-18(17)21(24)28/h2-6,8-11,14H,7,12-13H2,1H3. The van der Waals surface area contributed by atoms with Gasteiger partial charge in [0.2, 0.25) is 5.91 Å². The molecule has 3 aromatic rings. The highest BCUT2D eigenvalue weighted by Gasteiger charge is 2.34. The number of benzene rings is 2. The van der Waals surface area contributed by atoms with E-state index in [0.29, 0.717) is 22.7 Å². The number of rotatable bonds is 6. The van der Waals surface area contributed by atoms with Crippen LogP contribution >= 0.6 is 11.3 Å². The number of anilines is 2. The third kappa shape index (κ3) is 3.69. The van der Waals surface area contributed by atoms with Gasteiger partial charge in [-0.25, -0.2) is 4.98 Å². The number of imide groups is 1. The van der Waals surface area contributed by atoms with E-state index in [2.05, 4.69) is 4.98 Å². The van der Waals surface area contributed by atoms with E-state index in [1.807, 2.05) is 42.6 Å². The Bertz CT molecular complexity index is 1040. The zero-order valence-corrected chi connectivity index (χ0v) is 16.7. The van der Waals surface area contributed by atoms with E-state index in [-0.39, 0.29) is 30.7 Å². The molecule has 4 rings (SSSR count). The zero-order chi connectivity index (χ0) is 20.4. The summed E-state index contributed by atoms with van der Waals surface area (Å²) in [4.78, 5) is 45.2. The van der Waals surface area contributed by atoms with Gasteiger partial charge in [-0.15, -0.1) is 11.3 Å². The van der Waals surface area contributed by atoms with Gasteiger partial charge in [-0.1, -0.05) is 30.3 Å². The lowest BCUT2D eigenvalue weighted by molar-refractivity contribution is -0.118. The number of amides is 3. The van der Waals surface area contributed by atoms with Crippen molar-refractivity contribution in [2.45, 2.75) is 19.8 Å². The van der Waals surface area contributed by atoms with Crippen molar-refractivity contribution in [3.63, 3.8) is 0 Å². The van der Waals surface area contributed by atoms with Gasteiger partial charge in [0.15, 0.2) is 5.13 Å². The van der Waals surface area contributed by atoms with Crippen LogP contribution in [0.2, 0.25) is 0 Å². The van der Waals surface area contributed by atoms with Gasteiger partial charge < -0.3 is 0 Å². The molecule has 7 heteroatoms. The van der Waals surface area contributed by atoms with Crippen molar-refractivity contribution in [3.8, 4) is 0 Å². The summed E-state index contributed by atoms with van der Waals surface area (Å²) in [5, 5.41) is 2.51. The molecular formula is C22H19N3O3S. The Kier molecular flexibility index (Phi) is 5.22. The summed E-state index contributed by atoms with van der Waals surface area (Å²) in [6, 6.07) is 16.1. The third-order valence-corrected chi connectivity index (χ3v) is 5.66. The largest absolute Gasteiger partial charge is 0.274 e. The van der Waals surface area contributed by atoms with E-state index in [0.717, 1.165) is 11.4 Å². The monoisotopic (exact) mass is 405 g/mol. The Balaban J connectivity index is 1.46. The van der Waals surface area contributed by atoms with Gasteiger partial charge >= 0.3 is 0 Å². The molecule has 6 nitrogen and oxygen atoms in total. The van der Waals surface area contributed by atoms with Crippen LogP contribution in [0.1, 0.15) is 39.3 Å². The Morgan fingerprint density at radius 3 is 2.21 bits per heavy atom. The number of carbonyl (C=O) groups excluding carboxylic acids is 3. The number of para-hydroxylation sites is 1. The van der Waals surface area contributed by atoms with Crippen LogP contribution in [0.15, 0.2) is 60.0 Å². The first kappa shape index (κ1) is 19.0. The van der Waals surface area contributed by atoms with Gasteiger partial charge in [0.05, 0.1) is 22.5 Å². The molecule has 0 saturated heterocycles. The fourth-order valence-corrected chi connectivity index (χ4v) is 4.16. The number of thiazole rings is 1. The molecule has 1 aliphatic rings. The van der Waals surface area contributed by atoms with Gasteiger partial charge in [-0.3, -0.25) is 24.2 Å². The van der Waals surface area contributed by atoms with Crippen LogP contribution < -0.4 is 4.90 Å². The van der Waals surface area contributed by atoms with Crippen LogP contribution in [0.25, 0.3) is 0 Å². The van der Waals surface area contributed by atoms with E-state index < -0.39 is 0 Å². The Hall–Kier alpha value is -3.32. The van der Waals surface area contributed by atoms with Gasteiger partial charge in [-0.05, 0) is 37.6 Å². The Morgan fingerprint density at radius 1 is 1.00 bits per heavy atom. The minimum absolute atomic E-state index is 0.123. The third-order valence-electron chi connectivity index (χ3n) is 4.71. The van der Waals surface area contributed by atoms with Crippen LogP contribution in [-0.4, -0.2) is 34.2 Å². The van der Waals surface area contributed by atoms with Crippen molar-refractivity contribution in [1.29, 1.82) is 0 Å². The molecule has 0 saturated carbocycles. The quantitative estimate of drug-likeness (QED) is 0.577. The van der Waals surface area contributed by atoms with Gasteiger partial charge in [0, 0.05) is 18.3 Å². The van der Waals surface area contributed by atoms with Crippen molar-refractivity contribution in [3.05, 3.63) is 76.8 Å². The average molecular weight is 405 g/mol. The maximum Gasteiger partial charge on any atom is 0.261 e. The molecule has 0 aliphatic carbocycles. The smallest absolute Gasteiger partial charge is 0.261 e. The van der Waals surface area contributed by atoms with Crippen molar-refractivity contribution < 1.29 is 14.4 Å². The lowest BCUT2D eigenvalue weighted by atomic mass is 10.1. The number of hydrogen-bond donors (Lipinski definition) is 0. The highest BCUT2D eigenvalue weighted by atomic mass is 32.1. The minimum Gasteiger partial charge on any atom is -0.274 e. The van der Waals surface area contributed by atoms with E-state index in [9.17, 15) is 14.4 Å². The van der Waals surface area contributed by atoms with Crippen molar-refractivity contribution in [2.24, 2.45) is 0 Å². The number of fused-ring (bicyclic) bond motifs is 1. The van der Waals surface area contributed by atoms with Crippen LogP contribution in [0, 0.1) is 6.92 Å². The van der Waals surface area contributed by atoms with Crippen LogP contribution in [0.4, 0.5) is 10.8 Å². The molecule has 2 aromatic carbocycles. The van der Waals surface area contributed by atoms with Crippen molar-refractivity contribution in [1.82, 2.24) is 9.88 Å². The second-order valence-electron chi connectivity index (χ2n) is 6.75. The minimum atomic E-state index is -0.298. The SMILES string of the molecule is Cc1csc(N(C(=O)CCCN2C(=O)c3ccccc3C2=O)c2ccccc2)n1. The summed E-state index contributed by atoms with van der Waals surface area (Å²) in [6.45, 7) is 2.09.